The van der Waals surface area contributed by atoms with Crippen LogP contribution in [-0.2, 0) is 13.0 Å². The van der Waals surface area contributed by atoms with Crippen LogP contribution in [0.25, 0.3) is 0 Å². The zero-order valence-electron chi connectivity index (χ0n) is 13.7. The number of aromatic nitrogens is 1. The Morgan fingerprint density at radius 3 is 1.95 bits per heavy atom. The number of nitrogens with zero attached hydrogens (tertiary/aromatic N) is 1. The van der Waals surface area contributed by atoms with E-state index in [0.717, 1.165) is 6.42 Å². The second-order valence-corrected chi connectivity index (χ2v) is 5.92. The van der Waals surface area contributed by atoms with Gasteiger partial charge in [-0.05, 0) is 6.42 Å². The lowest BCUT2D eigenvalue weighted by Gasteiger charge is -2.03. The summed E-state index contributed by atoms with van der Waals surface area (Å²) in [7, 11) is 0. The average molecular weight is 276 g/mol. The first-order valence-electron chi connectivity index (χ1n) is 8.85. The maximum absolute atomic E-state index is 2.42. The van der Waals surface area contributed by atoms with E-state index in [2.05, 4.69) is 42.8 Å². The minimum absolute atomic E-state index is 1.14. The molecule has 0 aliphatic carbocycles. The van der Waals surface area contributed by atoms with E-state index >= 15 is 0 Å². The molecule has 0 atom stereocenters. The molecule has 0 aliphatic rings. The van der Waals surface area contributed by atoms with Crippen LogP contribution >= 0.6 is 0 Å². The maximum atomic E-state index is 2.42. The van der Waals surface area contributed by atoms with E-state index in [-0.39, 0.29) is 0 Å². The van der Waals surface area contributed by atoms with Crippen molar-refractivity contribution in [2.45, 2.75) is 91.0 Å². The van der Waals surface area contributed by atoms with Gasteiger partial charge in [0.05, 0.1) is 0 Å². The minimum Gasteiger partial charge on any atom is -0.202 e. The first-order valence-corrected chi connectivity index (χ1v) is 8.85. The quantitative estimate of drug-likeness (QED) is 0.353. The molecule has 1 nitrogen and oxygen atoms in total. The third kappa shape index (κ3) is 7.67. The number of unbranched alkanes of at least 4 members (excludes halogenated alkanes) is 9. The summed E-state index contributed by atoms with van der Waals surface area (Å²) in [4.78, 5) is 0. The molecule has 1 heterocycles. The topological polar surface area (TPSA) is 3.88 Å². The Kier molecular flexibility index (Phi) is 10.3. The lowest BCUT2D eigenvalue weighted by molar-refractivity contribution is -0.704. The SMILES string of the molecule is CCCCCCCCCCCC[n+]1ccccc1CC. The van der Waals surface area contributed by atoms with Crippen molar-refractivity contribution in [2.75, 3.05) is 0 Å². The van der Waals surface area contributed by atoms with E-state index in [1.807, 2.05) is 0 Å². The molecule has 1 aromatic heterocycles. The van der Waals surface area contributed by atoms with E-state index in [9.17, 15) is 0 Å². The van der Waals surface area contributed by atoms with Gasteiger partial charge in [0.2, 0.25) is 0 Å². The largest absolute Gasteiger partial charge is 0.202 e. The van der Waals surface area contributed by atoms with Crippen LogP contribution in [0.15, 0.2) is 24.4 Å². The molecule has 0 unspecified atom stereocenters. The number of pyridine rings is 1. The summed E-state index contributed by atoms with van der Waals surface area (Å²) >= 11 is 0. The number of hydrogen-bond donors (Lipinski definition) is 0. The molecular formula is C19H34N+. The van der Waals surface area contributed by atoms with Crippen molar-refractivity contribution in [3.05, 3.63) is 30.1 Å². The molecule has 0 aliphatic heterocycles. The van der Waals surface area contributed by atoms with Gasteiger partial charge in [-0.3, -0.25) is 0 Å². The van der Waals surface area contributed by atoms with Crippen molar-refractivity contribution >= 4 is 0 Å². The first kappa shape index (κ1) is 17.2. The van der Waals surface area contributed by atoms with Gasteiger partial charge < -0.3 is 0 Å². The summed E-state index contributed by atoms with van der Waals surface area (Å²) in [6.45, 7) is 5.72. The fourth-order valence-corrected chi connectivity index (χ4v) is 2.82. The van der Waals surface area contributed by atoms with E-state index in [0.29, 0.717) is 0 Å². The molecular weight excluding hydrogens is 242 g/mol. The molecule has 0 saturated heterocycles. The van der Waals surface area contributed by atoms with Crippen molar-refractivity contribution in [2.24, 2.45) is 0 Å². The Labute approximate surface area is 126 Å². The second kappa shape index (κ2) is 11.9. The van der Waals surface area contributed by atoms with Crippen LogP contribution in [0.3, 0.4) is 0 Å². The van der Waals surface area contributed by atoms with Gasteiger partial charge in [0.25, 0.3) is 0 Å². The summed E-state index contributed by atoms with van der Waals surface area (Å²) in [6.07, 6.45) is 17.5. The normalized spacial score (nSPS) is 10.9. The van der Waals surface area contributed by atoms with E-state index < -0.39 is 0 Å². The van der Waals surface area contributed by atoms with Crippen LogP contribution in [-0.4, -0.2) is 0 Å². The molecule has 0 N–H and O–H groups in total. The van der Waals surface area contributed by atoms with Crippen LogP contribution in [0.4, 0.5) is 0 Å². The predicted molar refractivity (Wildman–Crippen MR) is 87.9 cm³/mol. The first-order chi connectivity index (χ1) is 9.88. The van der Waals surface area contributed by atoms with Crippen LogP contribution in [0.1, 0.15) is 83.7 Å². The molecule has 20 heavy (non-hydrogen) atoms. The van der Waals surface area contributed by atoms with Crippen molar-refractivity contribution in [1.29, 1.82) is 0 Å². The van der Waals surface area contributed by atoms with Crippen LogP contribution in [0, 0.1) is 0 Å². The van der Waals surface area contributed by atoms with Gasteiger partial charge >= 0.3 is 0 Å². The van der Waals surface area contributed by atoms with Gasteiger partial charge in [-0.2, -0.15) is 0 Å². The maximum Gasteiger partial charge on any atom is 0.181 e. The van der Waals surface area contributed by atoms with E-state index in [1.54, 1.807) is 0 Å². The summed E-state index contributed by atoms with van der Waals surface area (Å²) in [5, 5.41) is 0. The third-order valence-corrected chi connectivity index (χ3v) is 4.15. The summed E-state index contributed by atoms with van der Waals surface area (Å²) in [5.74, 6) is 0. The van der Waals surface area contributed by atoms with E-state index in [1.165, 1.54) is 76.4 Å². The predicted octanol–water partition coefficient (Wildman–Crippen LogP) is 5.46. The Hall–Kier alpha value is -0.850. The molecule has 0 fully saturated rings. The number of rotatable bonds is 12. The lowest BCUT2D eigenvalue weighted by Crippen LogP contribution is -2.37. The number of aryl methyl sites for hydroxylation is 2. The van der Waals surface area contributed by atoms with Gasteiger partial charge in [-0.15, -0.1) is 0 Å². The Balaban J connectivity index is 1.97. The lowest BCUT2D eigenvalue weighted by atomic mass is 10.1. The highest BCUT2D eigenvalue weighted by Crippen LogP contribution is 2.10. The van der Waals surface area contributed by atoms with Crippen LogP contribution in [0.2, 0.25) is 0 Å². The Morgan fingerprint density at radius 1 is 0.750 bits per heavy atom. The molecule has 0 bridgehead atoms. The molecule has 0 radical (unpaired) electrons. The average Bonchev–Trinajstić information content (AvgIpc) is 2.49. The Morgan fingerprint density at radius 2 is 1.35 bits per heavy atom. The van der Waals surface area contributed by atoms with Crippen LogP contribution < -0.4 is 4.57 Å². The highest BCUT2D eigenvalue weighted by atomic mass is 14.9. The molecule has 0 saturated carbocycles. The van der Waals surface area contributed by atoms with Crippen molar-refractivity contribution in [1.82, 2.24) is 0 Å². The van der Waals surface area contributed by atoms with Gasteiger partial charge in [0, 0.05) is 25.0 Å². The van der Waals surface area contributed by atoms with Gasteiger partial charge in [0.15, 0.2) is 11.9 Å². The highest BCUT2D eigenvalue weighted by molar-refractivity contribution is 4.96. The van der Waals surface area contributed by atoms with Crippen molar-refractivity contribution < 1.29 is 4.57 Å². The zero-order chi connectivity index (χ0) is 14.5. The molecule has 1 aromatic rings. The van der Waals surface area contributed by atoms with Crippen molar-refractivity contribution in [3.63, 3.8) is 0 Å². The van der Waals surface area contributed by atoms with Crippen molar-refractivity contribution in [3.8, 4) is 0 Å². The standard InChI is InChI=1S/C19H34N/c1-3-5-6-7-8-9-10-11-12-14-17-20-18-15-13-16-19(20)4-2/h13,15-16,18H,3-12,14,17H2,1-2H3/q+1. The van der Waals surface area contributed by atoms with Gasteiger partial charge in [0.1, 0.15) is 6.54 Å². The molecule has 1 heteroatoms. The van der Waals surface area contributed by atoms with Crippen LogP contribution in [0.5, 0.6) is 0 Å². The number of hydrogen-bond acceptors (Lipinski definition) is 0. The smallest absolute Gasteiger partial charge is 0.181 e. The van der Waals surface area contributed by atoms with Gasteiger partial charge in [-0.1, -0.05) is 71.3 Å². The molecule has 0 aromatic carbocycles. The fourth-order valence-electron chi connectivity index (χ4n) is 2.82. The molecule has 0 amide bonds. The molecule has 114 valence electrons. The molecule has 0 spiro atoms. The summed E-state index contributed by atoms with van der Waals surface area (Å²) < 4.78 is 2.42. The summed E-state index contributed by atoms with van der Waals surface area (Å²) in [6, 6.07) is 6.54. The van der Waals surface area contributed by atoms with E-state index in [4.69, 9.17) is 0 Å². The van der Waals surface area contributed by atoms with Gasteiger partial charge in [-0.25, -0.2) is 4.57 Å². The Bertz CT molecular complexity index is 332. The molecule has 1 rings (SSSR count). The minimum atomic E-state index is 1.14. The zero-order valence-corrected chi connectivity index (χ0v) is 13.7. The summed E-state index contributed by atoms with van der Waals surface area (Å²) in [5.41, 5.74) is 1.46. The highest BCUT2D eigenvalue weighted by Gasteiger charge is 2.05. The third-order valence-electron chi connectivity index (χ3n) is 4.15. The fraction of sp³-hybridized carbons (Fsp3) is 0.737. The monoisotopic (exact) mass is 276 g/mol. The second-order valence-electron chi connectivity index (χ2n) is 5.92.